The molecule has 1 atom stereocenters. The van der Waals surface area contributed by atoms with Crippen molar-refractivity contribution in [3.8, 4) is 0 Å². The average molecular weight is 493 g/mol. The number of rotatable bonds is 7. The molecular weight excluding hydrogens is 464 g/mol. The van der Waals surface area contributed by atoms with E-state index in [4.69, 9.17) is 21.1 Å². The molecule has 0 radical (unpaired) electrons. The van der Waals surface area contributed by atoms with Gasteiger partial charge in [0.15, 0.2) is 0 Å². The zero-order valence-electron chi connectivity index (χ0n) is 18.7. The van der Waals surface area contributed by atoms with Crippen molar-refractivity contribution in [3.05, 3.63) is 51.4 Å². The maximum Gasteiger partial charge on any atom is 0.339 e. The largest absolute Gasteiger partial charge is 0.465 e. The Hall–Kier alpha value is -2.07. The first-order valence-electron chi connectivity index (χ1n) is 11.3. The number of hydrogen-bond donors (Lipinski definition) is 1. The number of benzene rings is 1. The van der Waals surface area contributed by atoms with Crippen molar-refractivity contribution in [1.29, 1.82) is 0 Å². The van der Waals surface area contributed by atoms with Gasteiger partial charge >= 0.3 is 5.97 Å². The molecule has 2 aliphatic heterocycles. The highest BCUT2D eigenvalue weighted by molar-refractivity contribution is 7.97. The number of halogens is 1. The lowest BCUT2D eigenvalue weighted by Gasteiger charge is -2.31. The fraction of sp³-hybridized carbons (Fsp3) is 0.522. The van der Waals surface area contributed by atoms with Crippen molar-refractivity contribution >= 4 is 35.2 Å². The lowest BCUT2D eigenvalue weighted by molar-refractivity contribution is 0.0593. The number of carbonyl (C=O) groups excluding carboxylic acids is 1. The van der Waals surface area contributed by atoms with E-state index in [2.05, 4.69) is 14.7 Å². The third-order valence-corrected chi connectivity index (χ3v) is 7.61. The number of methoxy groups -OCH3 is 1. The predicted molar refractivity (Wildman–Crippen MR) is 129 cm³/mol. The summed E-state index contributed by atoms with van der Waals surface area (Å²) in [4.78, 5) is 25.8. The van der Waals surface area contributed by atoms with Gasteiger partial charge in [-0.05, 0) is 55.7 Å². The van der Waals surface area contributed by atoms with Crippen LogP contribution in [0.4, 0.5) is 5.69 Å². The van der Waals surface area contributed by atoms with Gasteiger partial charge in [0.1, 0.15) is 5.02 Å². The Kier molecular flexibility index (Phi) is 8.29. The van der Waals surface area contributed by atoms with Crippen LogP contribution >= 0.6 is 23.5 Å². The summed E-state index contributed by atoms with van der Waals surface area (Å²) in [7, 11) is 1.39. The summed E-state index contributed by atoms with van der Waals surface area (Å²) in [5.41, 5.74) is 0.874. The number of hydrogen-bond acceptors (Lipinski definition) is 8. The minimum Gasteiger partial charge on any atom is -0.465 e. The fourth-order valence-corrected chi connectivity index (χ4v) is 5.46. The van der Waals surface area contributed by atoms with E-state index in [0.717, 1.165) is 56.9 Å². The van der Waals surface area contributed by atoms with Crippen LogP contribution in [0.15, 0.2) is 40.2 Å². The summed E-state index contributed by atoms with van der Waals surface area (Å²) in [5, 5.41) is 7.88. The molecule has 2 aromatic rings. The van der Waals surface area contributed by atoms with E-state index >= 15 is 0 Å². The lowest BCUT2D eigenvalue weighted by Crippen LogP contribution is -2.36. The smallest absolute Gasteiger partial charge is 0.339 e. The van der Waals surface area contributed by atoms with E-state index in [0.29, 0.717) is 23.7 Å². The van der Waals surface area contributed by atoms with Crippen molar-refractivity contribution in [2.45, 2.75) is 36.6 Å². The molecule has 2 aliphatic rings. The Morgan fingerprint density at radius 2 is 2.09 bits per heavy atom. The van der Waals surface area contributed by atoms with Crippen LogP contribution in [0.1, 0.15) is 42.1 Å². The van der Waals surface area contributed by atoms with E-state index in [-0.39, 0.29) is 22.6 Å². The number of carbonyl (C=O) groups is 1. The van der Waals surface area contributed by atoms with Crippen molar-refractivity contribution in [2.24, 2.45) is 5.92 Å². The zero-order chi connectivity index (χ0) is 23.2. The van der Waals surface area contributed by atoms with Gasteiger partial charge in [0.05, 0.1) is 37.2 Å². The molecule has 10 heteroatoms. The number of anilines is 1. The first-order valence-corrected chi connectivity index (χ1v) is 12.4. The van der Waals surface area contributed by atoms with Crippen LogP contribution in [0, 0.1) is 5.92 Å². The highest BCUT2D eigenvalue weighted by Crippen LogP contribution is 2.32. The summed E-state index contributed by atoms with van der Waals surface area (Å²) in [6.45, 7) is 3.80. The topological polar surface area (TPSA) is 85.7 Å². The molecule has 1 aromatic carbocycles. The van der Waals surface area contributed by atoms with E-state index < -0.39 is 0 Å². The second-order valence-electron chi connectivity index (χ2n) is 8.33. The molecule has 0 bridgehead atoms. The Balaban J connectivity index is 1.35. The Labute approximate surface area is 202 Å². The molecule has 0 saturated carbocycles. The third kappa shape index (κ3) is 5.90. The molecular formula is C23H29ClN4O4S. The van der Waals surface area contributed by atoms with Gasteiger partial charge in [0.25, 0.3) is 5.56 Å². The summed E-state index contributed by atoms with van der Waals surface area (Å²) in [6, 6.07) is 7.41. The Morgan fingerprint density at radius 3 is 2.82 bits per heavy atom. The van der Waals surface area contributed by atoms with Crippen LogP contribution < -0.4 is 10.9 Å². The first kappa shape index (κ1) is 24.1. The quantitative estimate of drug-likeness (QED) is 0.460. The van der Waals surface area contributed by atoms with E-state index in [1.807, 2.05) is 18.2 Å². The van der Waals surface area contributed by atoms with Gasteiger partial charge in [-0.3, -0.25) is 4.79 Å². The summed E-state index contributed by atoms with van der Waals surface area (Å²) in [5.74, 6) is 0.0754. The minimum absolute atomic E-state index is 0.0107. The molecule has 33 heavy (non-hydrogen) atoms. The van der Waals surface area contributed by atoms with Crippen LogP contribution in [0.3, 0.4) is 0 Å². The van der Waals surface area contributed by atoms with Crippen LogP contribution in [-0.2, 0) is 9.47 Å². The number of esters is 1. The second-order valence-corrected chi connectivity index (χ2v) is 9.84. The first-order chi connectivity index (χ1) is 16.1. The van der Waals surface area contributed by atoms with Crippen molar-refractivity contribution in [2.75, 3.05) is 45.3 Å². The van der Waals surface area contributed by atoms with E-state index in [9.17, 15) is 9.59 Å². The van der Waals surface area contributed by atoms with Gasteiger partial charge in [0, 0.05) is 31.1 Å². The Morgan fingerprint density at radius 1 is 1.30 bits per heavy atom. The van der Waals surface area contributed by atoms with Gasteiger partial charge < -0.3 is 14.8 Å². The monoisotopic (exact) mass is 492 g/mol. The molecule has 1 unspecified atom stereocenters. The molecule has 0 aliphatic carbocycles. The summed E-state index contributed by atoms with van der Waals surface area (Å²) >= 11 is 7.95. The molecule has 3 heterocycles. The predicted octanol–water partition coefficient (Wildman–Crippen LogP) is 3.87. The second kappa shape index (κ2) is 11.4. The van der Waals surface area contributed by atoms with E-state index in [1.54, 1.807) is 24.2 Å². The molecule has 2 saturated heterocycles. The minimum atomic E-state index is -0.344. The van der Waals surface area contributed by atoms with Gasteiger partial charge in [-0.25, -0.2) is 13.8 Å². The average Bonchev–Trinajstić information content (AvgIpc) is 2.86. The number of nitrogens with one attached hydrogen (secondary N) is 1. The van der Waals surface area contributed by atoms with E-state index in [1.165, 1.54) is 11.8 Å². The number of aromatic nitrogens is 2. The van der Waals surface area contributed by atoms with Crippen LogP contribution in [0.25, 0.3) is 0 Å². The molecule has 178 valence electrons. The number of nitrogens with zero attached hydrogens (tertiary/aromatic N) is 3. The van der Waals surface area contributed by atoms with Crippen molar-refractivity contribution in [3.63, 3.8) is 0 Å². The van der Waals surface area contributed by atoms with Crippen LogP contribution in [0.5, 0.6) is 0 Å². The zero-order valence-corrected chi connectivity index (χ0v) is 20.2. The van der Waals surface area contributed by atoms with Crippen molar-refractivity contribution in [1.82, 2.24) is 14.1 Å². The van der Waals surface area contributed by atoms with Gasteiger partial charge in [0.2, 0.25) is 0 Å². The van der Waals surface area contributed by atoms with Gasteiger partial charge in [-0.15, -0.1) is 0 Å². The number of piperidine rings is 1. The standard InChI is InChI=1S/C23H29ClN4O4S/c1-31-23(30)18-6-2-3-7-20(18)33-27-10-8-17(9-11-27)28-22(29)21(24)19(14-26-28)25-13-16-5-4-12-32-15-16/h2-3,6-7,14,16-17,25H,4-5,8-13,15H2,1H3. The highest BCUT2D eigenvalue weighted by atomic mass is 35.5. The number of ether oxygens (including phenoxy) is 2. The van der Waals surface area contributed by atoms with Crippen LogP contribution in [-0.4, -0.2) is 60.0 Å². The van der Waals surface area contributed by atoms with Gasteiger partial charge in [-0.1, -0.05) is 23.7 Å². The SMILES string of the molecule is COC(=O)c1ccccc1SN1CCC(n2ncc(NCC3CCCOC3)c(Cl)c2=O)CC1. The molecule has 0 amide bonds. The lowest BCUT2D eigenvalue weighted by atomic mass is 10.0. The fourth-order valence-electron chi connectivity index (χ4n) is 4.19. The molecule has 1 aromatic heterocycles. The Bertz CT molecular complexity index is 1020. The molecule has 8 nitrogen and oxygen atoms in total. The summed E-state index contributed by atoms with van der Waals surface area (Å²) in [6.07, 6.45) is 5.35. The third-order valence-electron chi connectivity index (χ3n) is 6.07. The summed E-state index contributed by atoms with van der Waals surface area (Å²) < 4.78 is 14.1. The van der Waals surface area contributed by atoms with Crippen molar-refractivity contribution < 1.29 is 14.3 Å². The maximum atomic E-state index is 12.9. The molecule has 4 rings (SSSR count). The maximum absolute atomic E-state index is 12.9. The normalized spacial score (nSPS) is 19.9. The molecule has 0 spiro atoms. The highest BCUT2D eigenvalue weighted by Gasteiger charge is 2.25. The molecule has 1 N–H and O–H groups in total. The molecule has 2 fully saturated rings. The van der Waals surface area contributed by atoms with Gasteiger partial charge in [-0.2, -0.15) is 5.10 Å². The van der Waals surface area contributed by atoms with Crippen LogP contribution in [0.2, 0.25) is 5.02 Å².